The fourth-order valence-corrected chi connectivity index (χ4v) is 5.71. The molecule has 2 aliphatic heterocycles. The molecule has 0 spiro atoms. The molecule has 190 valence electrons. The van der Waals surface area contributed by atoms with E-state index in [1.54, 1.807) is 0 Å². The van der Waals surface area contributed by atoms with Crippen LogP contribution in [0.5, 0.6) is 0 Å². The van der Waals surface area contributed by atoms with Crippen molar-refractivity contribution in [3.63, 3.8) is 0 Å². The minimum Gasteiger partial charge on any atom is -0.383 e. The summed E-state index contributed by atoms with van der Waals surface area (Å²) in [6.45, 7) is 7.15. The zero-order chi connectivity index (χ0) is 25.3. The summed E-state index contributed by atoms with van der Waals surface area (Å²) in [6, 6.07) is 10.9. The topological polar surface area (TPSA) is 87.3 Å². The van der Waals surface area contributed by atoms with Crippen LogP contribution in [0.3, 0.4) is 0 Å². The third-order valence-electron chi connectivity index (χ3n) is 7.85. The molecule has 0 bridgehead atoms. The highest BCUT2D eigenvalue weighted by Gasteiger charge is 2.23. The molecule has 1 unspecified atom stereocenters. The molecule has 4 rings (SSSR count). The van der Waals surface area contributed by atoms with Crippen LogP contribution in [0.2, 0.25) is 0 Å². The number of benzene rings is 1. The summed E-state index contributed by atoms with van der Waals surface area (Å²) >= 11 is 0. The number of nitrogens with zero attached hydrogens (tertiary/aromatic N) is 3. The van der Waals surface area contributed by atoms with Gasteiger partial charge in [-0.3, -0.25) is 4.90 Å². The number of nitriles is 1. The van der Waals surface area contributed by atoms with Crippen LogP contribution < -0.4 is 10.6 Å². The summed E-state index contributed by atoms with van der Waals surface area (Å²) in [6.07, 6.45) is 16.7. The molecule has 1 saturated carbocycles. The first kappa shape index (κ1) is 25.9. The second kappa shape index (κ2) is 12.7. The molecule has 6 nitrogen and oxygen atoms in total. The molecule has 2 heterocycles. The van der Waals surface area contributed by atoms with Gasteiger partial charge in [0.2, 0.25) is 0 Å². The standard InChI is InChI=1S/C30H40N6/c1-22(25-14-17-36(18-15-25)29-9-4-3-5-10-29)11-12-26-20-28(13-16-33-30(26)23(2)35-32)34-27-8-6-7-24(19-27)21-31/h6-8,11-12,14,19,28-29,32-34H,3-5,9-10,13,15-18,20H2,1-2H3/b22-11+,26-12+,30-23-,35-32?. The Morgan fingerprint density at radius 3 is 2.78 bits per heavy atom. The molecule has 3 aliphatic rings. The number of hydrogen-bond donors (Lipinski definition) is 3. The number of rotatable bonds is 6. The van der Waals surface area contributed by atoms with E-state index in [1.807, 2.05) is 31.2 Å². The largest absolute Gasteiger partial charge is 0.383 e. The lowest BCUT2D eigenvalue weighted by Crippen LogP contribution is -2.39. The Bertz CT molecular complexity index is 1100. The molecule has 1 aliphatic carbocycles. The summed E-state index contributed by atoms with van der Waals surface area (Å²) in [7, 11) is 0. The first-order chi connectivity index (χ1) is 17.6. The summed E-state index contributed by atoms with van der Waals surface area (Å²) in [4.78, 5) is 2.68. The first-order valence-electron chi connectivity index (χ1n) is 13.5. The van der Waals surface area contributed by atoms with E-state index in [9.17, 15) is 5.26 Å². The average molecular weight is 485 g/mol. The van der Waals surface area contributed by atoms with E-state index in [2.05, 4.69) is 51.9 Å². The average Bonchev–Trinajstić information content (AvgIpc) is 3.13. The molecule has 0 amide bonds. The molecule has 1 aromatic rings. The zero-order valence-electron chi connectivity index (χ0n) is 21.8. The molecule has 1 saturated heterocycles. The van der Waals surface area contributed by atoms with Gasteiger partial charge in [0.15, 0.2) is 0 Å². The maximum Gasteiger partial charge on any atom is 0.0992 e. The molecular weight excluding hydrogens is 444 g/mol. The Hall–Kier alpha value is -3.17. The maximum absolute atomic E-state index is 9.24. The Morgan fingerprint density at radius 1 is 1.22 bits per heavy atom. The predicted molar refractivity (Wildman–Crippen MR) is 147 cm³/mol. The van der Waals surface area contributed by atoms with Gasteiger partial charge >= 0.3 is 0 Å². The van der Waals surface area contributed by atoms with Crippen molar-refractivity contribution < 1.29 is 0 Å². The van der Waals surface area contributed by atoms with Gasteiger partial charge in [0.25, 0.3) is 0 Å². The lowest BCUT2D eigenvalue weighted by molar-refractivity contribution is 0.168. The number of anilines is 1. The van der Waals surface area contributed by atoms with Crippen molar-refractivity contribution in [3.05, 3.63) is 76.2 Å². The van der Waals surface area contributed by atoms with Crippen LogP contribution in [0.4, 0.5) is 5.69 Å². The van der Waals surface area contributed by atoms with Gasteiger partial charge in [-0.15, -0.1) is 0 Å². The highest BCUT2D eigenvalue weighted by Crippen LogP contribution is 2.29. The summed E-state index contributed by atoms with van der Waals surface area (Å²) < 4.78 is 0. The molecule has 0 aromatic heterocycles. The van der Waals surface area contributed by atoms with Crippen molar-refractivity contribution in [1.29, 1.82) is 10.8 Å². The zero-order valence-corrected chi connectivity index (χ0v) is 21.8. The minimum absolute atomic E-state index is 0.223. The quantitative estimate of drug-likeness (QED) is 0.387. The highest BCUT2D eigenvalue weighted by molar-refractivity contribution is 5.51. The van der Waals surface area contributed by atoms with Gasteiger partial charge in [-0.25, -0.2) is 5.53 Å². The lowest BCUT2D eigenvalue weighted by atomic mass is 9.92. The third-order valence-corrected chi connectivity index (χ3v) is 7.85. The van der Waals surface area contributed by atoms with E-state index in [1.165, 1.54) is 43.3 Å². The molecule has 3 N–H and O–H groups in total. The van der Waals surface area contributed by atoms with Crippen molar-refractivity contribution in [2.24, 2.45) is 5.11 Å². The van der Waals surface area contributed by atoms with Gasteiger partial charge in [0.1, 0.15) is 0 Å². The molecular formula is C30H40N6. The Labute approximate surface area is 216 Å². The van der Waals surface area contributed by atoms with Crippen molar-refractivity contribution in [3.8, 4) is 6.07 Å². The lowest BCUT2D eigenvalue weighted by Gasteiger charge is -2.36. The monoisotopic (exact) mass is 484 g/mol. The molecule has 2 fully saturated rings. The number of nitrogens with one attached hydrogen (secondary N) is 3. The van der Waals surface area contributed by atoms with Gasteiger partial charge in [-0.2, -0.15) is 10.4 Å². The number of hydrogen-bond acceptors (Lipinski definition) is 6. The minimum atomic E-state index is 0.223. The van der Waals surface area contributed by atoms with E-state index in [4.69, 9.17) is 5.53 Å². The van der Waals surface area contributed by atoms with Gasteiger partial charge in [-0.1, -0.05) is 43.6 Å². The third kappa shape index (κ3) is 6.73. The van der Waals surface area contributed by atoms with Crippen LogP contribution in [0, 0.1) is 16.9 Å². The van der Waals surface area contributed by atoms with Crippen LogP contribution in [-0.4, -0.2) is 36.6 Å². The summed E-state index contributed by atoms with van der Waals surface area (Å²) in [5, 5.41) is 20.1. The Balaban J connectivity index is 1.50. The normalized spacial score (nSPS) is 24.8. The summed E-state index contributed by atoms with van der Waals surface area (Å²) in [5.74, 6) is 0. The molecule has 1 aromatic carbocycles. The molecule has 36 heavy (non-hydrogen) atoms. The van der Waals surface area contributed by atoms with Crippen molar-refractivity contribution in [1.82, 2.24) is 10.2 Å². The Morgan fingerprint density at radius 2 is 2.06 bits per heavy atom. The highest BCUT2D eigenvalue weighted by atomic mass is 15.2. The van der Waals surface area contributed by atoms with E-state index in [-0.39, 0.29) is 6.04 Å². The Kier molecular flexibility index (Phi) is 9.13. The fourth-order valence-electron chi connectivity index (χ4n) is 5.71. The van der Waals surface area contributed by atoms with Crippen LogP contribution in [0.15, 0.2) is 75.7 Å². The molecule has 6 heteroatoms. The van der Waals surface area contributed by atoms with Crippen molar-refractivity contribution >= 4 is 5.69 Å². The number of allylic oxidation sites excluding steroid dienone is 5. The molecule has 1 atom stereocenters. The van der Waals surface area contributed by atoms with Crippen LogP contribution >= 0.6 is 0 Å². The maximum atomic E-state index is 9.24. The van der Waals surface area contributed by atoms with Gasteiger partial charge in [0, 0.05) is 37.4 Å². The van der Waals surface area contributed by atoms with E-state index in [0.29, 0.717) is 11.3 Å². The SMILES string of the molecule is C/C(N=N)=C1/NCCC(Nc2cccc(C#N)c2)C/C1=C\C=C(/C)C1=CCN(C2CCCCC2)CC1. The first-order valence-corrected chi connectivity index (χ1v) is 13.5. The van der Waals surface area contributed by atoms with Crippen LogP contribution in [0.25, 0.3) is 0 Å². The van der Waals surface area contributed by atoms with Crippen molar-refractivity contribution in [2.45, 2.75) is 77.3 Å². The smallest absolute Gasteiger partial charge is 0.0992 e. The fraction of sp³-hybridized carbons (Fsp3) is 0.500. The predicted octanol–water partition coefficient (Wildman–Crippen LogP) is 6.82. The van der Waals surface area contributed by atoms with Crippen LogP contribution in [0.1, 0.15) is 70.8 Å². The second-order valence-corrected chi connectivity index (χ2v) is 10.3. The van der Waals surface area contributed by atoms with Gasteiger partial charge in [-0.05, 0) is 80.9 Å². The van der Waals surface area contributed by atoms with E-state index >= 15 is 0 Å². The van der Waals surface area contributed by atoms with E-state index < -0.39 is 0 Å². The van der Waals surface area contributed by atoms with Crippen LogP contribution in [-0.2, 0) is 0 Å². The molecule has 0 radical (unpaired) electrons. The van der Waals surface area contributed by atoms with Gasteiger partial charge in [0.05, 0.1) is 23.0 Å². The van der Waals surface area contributed by atoms with Crippen molar-refractivity contribution in [2.75, 3.05) is 25.0 Å². The summed E-state index contributed by atoms with van der Waals surface area (Å²) in [5.41, 5.74) is 14.8. The van der Waals surface area contributed by atoms with Gasteiger partial charge < -0.3 is 10.6 Å². The van der Waals surface area contributed by atoms with E-state index in [0.717, 1.165) is 61.9 Å². The second-order valence-electron chi connectivity index (χ2n) is 10.3.